The molecule has 270 valence electrons. The Morgan fingerprint density at radius 2 is 1.56 bits per heavy atom. The molecule has 1 N–H and O–H groups in total. The van der Waals surface area contributed by atoms with E-state index in [2.05, 4.69) is 72.3 Å². The van der Waals surface area contributed by atoms with E-state index in [0.717, 1.165) is 36.4 Å². The van der Waals surface area contributed by atoms with Crippen LogP contribution in [0.25, 0.3) is 0 Å². The maximum atomic E-state index is 11.6. The van der Waals surface area contributed by atoms with Gasteiger partial charge in [0.05, 0.1) is 23.9 Å². The van der Waals surface area contributed by atoms with E-state index in [1.165, 1.54) is 44.9 Å². The fourth-order valence-corrected chi connectivity index (χ4v) is 17.2. The summed E-state index contributed by atoms with van der Waals surface area (Å²) in [5.41, 5.74) is 0.443. The molecule has 6 aliphatic rings. The normalized spacial score (nSPS) is 46.8. The van der Waals surface area contributed by atoms with E-state index in [-0.39, 0.29) is 29.1 Å². The molecule has 7 rings (SSSR count). The van der Waals surface area contributed by atoms with Crippen molar-refractivity contribution in [3.63, 3.8) is 0 Å². The van der Waals surface area contributed by atoms with Crippen LogP contribution in [0.5, 0.6) is 6.01 Å². The van der Waals surface area contributed by atoms with Crippen LogP contribution in [-0.4, -0.2) is 53.4 Å². The lowest BCUT2D eigenvalue weighted by Crippen LogP contribution is -2.61. The molecule has 1 aliphatic heterocycles. The molecule has 1 aromatic rings. The highest BCUT2D eigenvalue weighted by Crippen LogP contribution is 2.89. The third-order valence-electron chi connectivity index (χ3n) is 17.5. The van der Waals surface area contributed by atoms with Gasteiger partial charge in [-0.15, -0.1) is 0 Å². The fourth-order valence-electron chi connectivity index (χ4n) is 14.3. The number of fused-ring (bicyclic) bond motifs is 4. The molecule has 13 atom stereocenters. The average Bonchev–Trinajstić information content (AvgIpc) is 3.67. The van der Waals surface area contributed by atoms with E-state index in [1.54, 1.807) is 18.5 Å². The van der Waals surface area contributed by atoms with Crippen LogP contribution in [0.1, 0.15) is 128 Å². The molecule has 1 saturated heterocycles. The van der Waals surface area contributed by atoms with Crippen LogP contribution < -0.4 is 4.74 Å². The predicted octanol–water partition coefficient (Wildman–Crippen LogP) is 9.47. The van der Waals surface area contributed by atoms with Crippen molar-refractivity contribution in [2.75, 3.05) is 0 Å². The van der Waals surface area contributed by atoms with Crippen LogP contribution in [0.15, 0.2) is 18.5 Å². The monoisotopic (exact) mass is 680 g/mol. The summed E-state index contributed by atoms with van der Waals surface area (Å²) in [6.45, 7) is 26.4. The van der Waals surface area contributed by atoms with E-state index in [4.69, 9.17) is 13.9 Å². The molecule has 5 saturated carbocycles. The van der Waals surface area contributed by atoms with E-state index < -0.39 is 20.0 Å². The molecule has 0 aromatic carbocycles. The van der Waals surface area contributed by atoms with E-state index in [0.29, 0.717) is 40.0 Å². The molecule has 5 aliphatic carbocycles. The van der Waals surface area contributed by atoms with Gasteiger partial charge in [-0.3, -0.25) is 0 Å². The molecule has 0 bridgehead atoms. The number of hydrogen-bond acceptors (Lipinski definition) is 6. The SMILES string of the molecule is CC[Si](CC)(CC)O[C@H]1[C@H]2O[C@@H]([C@H](Oc3ncccn3)C(C)(C)O)C[C@@H](C)[C@@H]2[C@@]2(C)CC[C@@]34C[C@@]35CC[C@H](C)C(C)(C)[C@@H]5CC[C@H]4[C@]12C. The molecule has 2 heterocycles. The fraction of sp³-hybridized carbons (Fsp3) is 0.902. The van der Waals surface area contributed by atoms with Crippen LogP contribution in [0.4, 0.5) is 0 Å². The summed E-state index contributed by atoms with van der Waals surface area (Å²) < 4.78 is 21.9. The molecule has 0 amide bonds. The minimum absolute atomic E-state index is 0.0131. The summed E-state index contributed by atoms with van der Waals surface area (Å²) in [5, 5.41) is 11.6. The second-order valence-electron chi connectivity index (χ2n) is 19.5. The standard InChI is InChI=1S/C41H68N2O4Si/c1-12-48(13-2,14-3)47-34-32-31(26(4)24-28(45-32)33(37(8,9)44)46-35-42-22-15-23-43-35)38(10)20-21-41-25-40(41)19-18-27(5)36(6,7)29(40)16-17-30(41)39(34,38)11/h15,22-23,26-34,44H,12-14,16-21,24-25H2,1-11H3/t26-,27+,28-,29+,30+,31+,32+,33+,34+,38-,39-,40-,41+/m1/s1. The first-order valence-corrected chi connectivity index (χ1v) is 22.5. The number of rotatable bonds is 9. The lowest BCUT2D eigenvalue weighted by molar-refractivity contribution is -0.195. The number of nitrogens with zero attached hydrogens (tertiary/aromatic N) is 2. The Balaban J connectivity index is 1.31. The molecule has 48 heavy (non-hydrogen) atoms. The number of ether oxygens (including phenoxy) is 2. The average molecular weight is 681 g/mol. The molecule has 2 spiro atoms. The van der Waals surface area contributed by atoms with Crippen molar-refractivity contribution in [2.45, 2.75) is 176 Å². The molecule has 0 radical (unpaired) electrons. The Bertz CT molecular complexity index is 1340. The predicted molar refractivity (Wildman–Crippen MR) is 194 cm³/mol. The van der Waals surface area contributed by atoms with E-state index in [9.17, 15) is 5.11 Å². The number of aliphatic hydroxyl groups is 1. The van der Waals surface area contributed by atoms with Gasteiger partial charge in [0.25, 0.3) is 0 Å². The van der Waals surface area contributed by atoms with Gasteiger partial charge in [-0.1, -0.05) is 62.3 Å². The smallest absolute Gasteiger partial charge is 0.316 e. The maximum Gasteiger partial charge on any atom is 0.316 e. The molecule has 0 unspecified atom stereocenters. The van der Waals surface area contributed by atoms with Crippen LogP contribution in [0.2, 0.25) is 18.1 Å². The molecular weight excluding hydrogens is 613 g/mol. The van der Waals surface area contributed by atoms with Crippen molar-refractivity contribution in [1.82, 2.24) is 9.97 Å². The highest BCUT2D eigenvalue weighted by atomic mass is 28.4. The third-order valence-corrected chi connectivity index (χ3v) is 22.1. The molecule has 6 nitrogen and oxygen atoms in total. The van der Waals surface area contributed by atoms with Gasteiger partial charge in [0.2, 0.25) is 0 Å². The van der Waals surface area contributed by atoms with E-state index in [1.807, 2.05) is 13.8 Å². The topological polar surface area (TPSA) is 73.7 Å². The molecule has 7 heteroatoms. The molecule has 1 aromatic heterocycles. The Morgan fingerprint density at radius 3 is 2.19 bits per heavy atom. The van der Waals surface area contributed by atoms with Gasteiger partial charge in [0.15, 0.2) is 14.4 Å². The highest BCUT2D eigenvalue weighted by molar-refractivity contribution is 6.73. The van der Waals surface area contributed by atoms with Crippen molar-refractivity contribution in [3.05, 3.63) is 18.5 Å². The number of hydrogen-bond donors (Lipinski definition) is 1. The Morgan fingerprint density at radius 1 is 0.938 bits per heavy atom. The second kappa shape index (κ2) is 11.5. The van der Waals surface area contributed by atoms with Gasteiger partial charge in [0.1, 0.15) is 0 Å². The summed E-state index contributed by atoms with van der Waals surface area (Å²) in [5.74, 6) is 3.17. The zero-order valence-electron chi connectivity index (χ0n) is 32.3. The van der Waals surface area contributed by atoms with Crippen molar-refractivity contribution >= 4 is 8.32 Å². The van der Waals surface area contributed by atoms with Crippen LogP contribution in [0, 0.1) is 56.7 Å². The Kier molecular flexibility index (Phi) is 8.47. The summed E-state index contributed by atoms with van der Waals surface area (Å²) in [6.07, 6.45) is 13.1. The van der Waals surface area contributed by atoms with Crippen molar-refractivity contribution < 1.29 is 19.0 Å². The minimum atomic E-state index is -2.00. The summed E-state index contributed by atoms with van der Waals surface area (Å²) in [4.78, 5) is 8.75. The third kappa shape index (κ3) is 4.64. The lowest BCUT2D eigenvalue weighted by atomic mass is 9.41. The zero-order valence-corrected chi connectivity index (χ0v) is 33.3. The van der Waals surface area contributed by atoms with E-state index >= 15 is 0 Å². The molecule has 6 fully saturated rings. The largest absolute Gasteiger partial charge is 0.454 e. The Labute approximate surface area is 293 Å². The minimum Gasteiger partial charge on any atom is -0.454 e. The van der Waals surface area contributed by atoms with Gasteiger partial charge < -0.3 is 19.0 Å². The highest BCUT2D eigenvalue weighted by Gasteiger charge is 2.85. The van der Waals surface area contributed by atoms with Gasteiger partial charge in [-0.25, -0.2) is 9.97 Å². The van der Waals surface area contributed by atoms with Crippen LogP contribution in [0.3, 0.4) is 0 Å². The van der Waals surface area contributed by atoms with Crippen molar-refractivity contribution in [1.29, 1.82) is 0 Å². The summed E-state index contributed by atoms with van der Waals surface area (Å²) >= 11 is 0. The summed E-state index contributed by atoms with van der Waals surface area (Å²) in [7, 11) is -2.00. The van der Waals surface area contributed by atoms with Crippen LogP contribution in [-0.2, 0) is 9.16 Å². The lowest BCUT2D eigenvalue weighted by Gasteiger charge is -2.64. The first-order valence-electron chi connectivity index (χ1n) is 20.0. The van der Waals surface area contributed by atoms with Crippen molar-refractivity contribution in [3.8, 4) is 6.01 Å². The quantitative estimate of drug-likeness (QED) is 0.262. The van der Waals surface area contributed by atoms with Gasteiger partial charge in [-0.2, -0.15) is 0 Å². The van der Waals surface area contributed by atoms with Gasteiger partial charge >= 0.3 is 6.01 Å². The zero-order chi connectivity index (χ0) is 34.7. The van der Waals surface area contributed by atoms with Crippen LogP contribution >= 0.6 is 0 Å². The number of aromatic nitrogens is 2. The first-order chi connectivity index (χ1) is 22.5. The molecular formula is C41H68N2O4Si. The van der Waals surface area contributed by atoms with Gasteiger partial charge in [-0.05, 0) is 141 Å². The Hall–Kier alpha value is -1.02. The summed E-state index contributed by atoms with van der Waals surface area (Å²) in [6, 6.07) is 5.53. The van der Waals surface area contributed by atoms with Gasteiger partial charge in [0, 0.05) is 17.8 Å². The first kappa shape index (κ1) is 35.4. The second-order valence-corrected chi connectivity index (χ2v) is 24.2. The maximum absolute atomic E-state index is 11.6. The van der Waals surface area contributed by atoms with Crippen molar-refractivity contribution in [2.24, 2.45) is 56.7 Å².